The van der Waals surface area contributed by atoms with E-state index >= 15 is 0 Å². The highest BCUT2D eigenvalue weighted by molar-refractivity contribution is 6.35. The number of halogens is 2. The Morgan fingerprint density at radius 1 is 1.14 bits per heavy atom. The van der Waals surface area contributed by atoms with Crippen LogP contribution in [0.4, 0.5) is 0 Å². The molecule has 7 heteroatoms. The largest absolute Gasteiger partial charge is 0.497 e. The van der Waals surface area contributed by atoms with Crippen LogP contribution in [0.3, 0.4) is 0 Å². The molecule has 0 aromatic heterocycles. The van der Waals surface area contributed by atoms with E-state index in [1.54, 1.807) is 37.1 Å². The summed E-state index contributed by atoms with van der Waals surface area (Å²) in [5, 5.41) is 3.79. The molecule has 1 N–H and O–H groups in total. The fraction of sp³-hybridized carbons (Fsp3) is 0.364. The lowest BCUT2D eigenvalue weighted by Crippen LogP contribution is -2.48. The van der Waals surface area contributed by atoms with Crippen molar-refractivity contribution >= 4 is 35.0 Å². The summed E-state index contributed by atoms with van der Waals surface area (Å²) in [6, 6.07) is 11.8. The van der Waals surface area contributed by atoms with Gasteiger partial charge in [-0.3, -0.25) is 9.59 Å². The number of carbonyl (C=O) groups is 2. The van der Waals surface area contributed by atoms with Crippen LogP contribution in [0.1, 0.15) is 31.4 Å². The second-order valence-electron chi connectivity index (χ2n) is 6.75. The van der Waals surface area contributed by atoms with Gasteiger partial charge in [-0.2, -0.15) is 0 Å². The topological polar surface area (TPSA) is 58.6 Å². The van der Waals surface area contributed by atoms with Crippen molar-refractivity contribution in [1.82, 2.24) is 10.2 Å². The molecule has 0 aliphatic heterocycles. The van der Waals surface area contributed by atoms with Gasteiger partial charge in [0, 0.05) is 23.1 Å². The van der Waals surface area contributed by atoms with Gasteiger partial charge in [0.2, 0.25) is 11.8 Å². The van der Waals surface area contributed by atoms with Gasteiger partial charge in [-0.1, -0.05) is 48.3 Å². The summed E-state index contributed by atoms with van der Waals surface area (Å²) < 4.78 is 5.18. The van der Waals surface area contributed by atoms with Crippen molar-refractivity contribution in [2.24, 2.45) is 0 Å². The molecule has 29 heavy (non-hydrogen) atoms. The minimum absolute atomic E-state index is 0.0809. The third-order valence-corrected chi connectivity index (χ3v) is 5.17. The van der Waals surface area contributed by atoms with Gasteiger partial charge >= 0.3 is 0 Å². The molecule has 2 aromatic rings. The number of amides is 2. The van der Waals surface area contributed by atoms with Gasteiger partial charge in [-0.25, -0.2) is 0 Å². The molecule has 0 saturated carbocycles. The first-order chi connectivity index (χ1) is 13.8. The molecular weight excluding hydrogens is 411 g/mol. The average molecular weight is 437 g/mol. The van der Waals surface area contributed by atoms with Gasteiger partial charge in [-0.05, 0) is 48.7 Å². The second kappa shape index (κ2) is 11.1. The van der Waals surface area contributed by atoms with Gasteiger partial charge in [0.1, 0.15) is 11.8 Å². The first kappa shape index (κ1) is 23.0. The van der Waals surface area contributed by atoms with E-state index in [4.69, 9.17) is 27.9 Å². The van der Waals surface area contributed by atoms with Crippen LogP contribution in [0.5, 0.6) is 5.75 Å². The summed E-state index contributed by atoms with van der Waals surface area (Å²) in [7, 11) is 1.60. The zero-order valence-electron chi connectivity index (χ0n) is 16.9. The third-order valence-electron chi connectivity index (χ3n) is 4.59. The number of nitrogens with one attached hydrogen (secondary N) is 1. The van der Waals surface area contributed by atoms with E-state index in [1.165, 1.54) is 0 Å². The van der Waals surface area contributed by atoms with Gasteiger partial charge in [-0.15, -0.1) is 0 Å². The summed E-state index contributed by atoms with van der Waals surface area (Å²) in [6.45, 7) is 4.58. The quantitative estimate of drug-likeness (QED) is 0.629. The van der Waals surface area contributed by atoms with Crippen molar-refractivity contribution in [3.8, 4) is 5.75 Å². The Kier molecular flexibility index (Phi) is 8.80. The maximum atomic E-state index is 13.1. The minimum Gasteiger partial charge on any atom is -0.497 e. The Labute approximate surface area is 181 Å². The SMILES string of the molecule is CCCNC(=O)[C@@H](C)N(Cc1ccc(OC)cc1)C(=O)Cc1ccc(Cl)cc1Cl. The number of nitrogens with zero attached hydrogens (tertiary/aromatic N) is 1. The van der Waals surface area contributed by atoms with Gasteiger partial charge < -0.3 is 15.0 Å². The maximum absolute atomic E-state index is 13.1. The van der Waals surface area contributed by atoms with Crippen molar-refractivity contribution in [3.05, 3.63) is 63.6 Å². The first-order valence-corrected chi connectivity index (χ1v) is 10.2. The Morgan fingerprint density at radius 2 is 1.83 bits per heavy atom. The fourth-order valence-electron chi connectivity index (χ4n) is 2.84. The zero-order chi connectivity index (χ0) is 21.4. The van der Waals surface area contributed by atoms with E-state index < -0.39 is 6.04 Å². The Balaban J connectivity index is 2.23. The van der Waals surface area contributed by atoms with E-state index in [9.17, 15) is 9.59 Å². The highest BCUT2D eigenvalue weighted by Gasteiger charge is 2.26. The molecule has 5 nitrogen and oxygen atoms in total. The molecule has 0 aliphatic carbocycles. The Bertz CT molecular complexity index is 840. The van der Waals surface area contributed by atoms with Crippen molar-refractivity contribution in [1.29, 1.82) is 0 Å². The van der Waals surface area contributed by atoms with Crippen molar-refractivity contribution in [2.45, 2.75) is 39.3 Å². The van der Waals surface area contributed by atoms with E-state index in [0.29, 0.717) is 28.7 Å². The van der Waals surface area contributed by atoms with Crippen LogP contribution in [-0.4, -0.2) is 36.4 Å². The number of hydrogen-bond acceptors (Lipinski definition) is 3. The molecule has 0 unspecified atom stereocenters. The lowest BCUT2D eigenvalue weighted by molar-refractivity contribution is -0.140. The van der Waals surface area contributed by atoms with Crippen LogP contribution in [-0.2, 0) is 22.6 Å². The van der Waals surface area contributed by atoms with Gasteiger partial charge in [0.15, 0.2) is 0 Å². The average Bonchev–Trinajstić information content (AvgIpc) is 2.72. The van der Waals surface area contributed by atoms with Crippen LogP contribution in [0.25, 0.3) is 0 Å². The minimum atomic E-state index is -0.623. The van der Waals surface area contributed by atoms with Crippen LogP contribution < -0.4 is 10.1 Å². The van der Waals surface area contributed by atoms with Crippen LogP contribution in [0.15, 0.2) is 42.5 Å². The summed E-state index contributed by atoms with van der Waals surface area (Å²) in [5.41, 5.74) is 1.57. The second-order valence-corrected chi connectivity index (χ2v) is 7.59. The number of ether oxygens (including phenoxy) is 1. The summed E-state index contributed by atoms with van der Waals surface area (Å²) >= 11 is 12.2. The van der Waals surface area contributed by atoms with Crippen LogP contribution in [0, 0.1) is 0 Å². The predicted molar refractivity (Wildman–Crippen MR) is 116 cm³/mol. The van der Waals surface area contributed by atoms with E-state index in [0.717, 1.165) is 17.7 Å². The normalized spacial score (nSPS) is 11.6. The van der Waals surface area contributed by atoms with Crippen LogP contribution in [0.2, 0.25) is 10.0 Å². The molecule has 2 aromatic carbocycles. The van der Waals surface area contributed by atoms with Crippen molar-refractivity contribution in [2.75, 3.05) is 13.7 Å². The van der Waals surface area contributed by atoms with Crippen molar-refractivity contribution in [3.63, 3.8) is 0 Å². The standard InChI is InChI=1S/C22H26Cl2N2O3/c1-4-11-25-22(28)15(2)26(14-16-5-9-19(29-3)10-6-16)21(27)12-17-7-8-18(23)13-20(17)24/h5-10,13,15H,4,11-12,14H2,1-3H3,(H,25,28)/t15-/m1/s1. The fourth-order valence-corrected chi connectivity index (χ4v) is 3.31. The molecular formula is C22H26Cl2N2O3. The number of hydrogen-bond donors (Lipinski definition) is 1. The van der Waals surface area contributed by atoms with E-state index in [1.807, 2.05) is 31.2 Å². The molecule has 1 atom stereocenters. The third kappa shape index (κ3) is 6.65. The number of benzene rings is 2. The summed E-state index contributed by atoms with van der Waals surface area (Å²) in [6.07, 6.45) is 0.906. The van der Waals surface area contributed by atoms with E-state index in [-0.39, 0.29) is 18.2 Å². The number of carbonyl (C=O) groups excluding carboxylic acids is 2. The smallest absolute Gasteiger partial charge is 0.242 e. The lowest BCUT2D eigenvalue weighted by Gasteiger charge is -2.29. The summed E-state index contributed by atoms with van der Waals surface area (Å²) in [4.78, 5) is 27.2. The van der Waals surface area contributed by atoms with Gasteiger partial charge in [0.25, 0.3) is 0 Å². The molecule has 0 spiro atoms. The Morgan fingerprint density at radius 3 is 2.41 bits per heavy atom. The molecule has 0 aliphatic rings. The monoisotopic (exact) mass is 436 g/mol. The molecule has 0 radical (unpaired) electrons. The number of methoxy groups -OCH3 is 1. The molecule has 2 amide bonds. The molecule has 0 saturated heterocycles. The predicted octanol–water partition coefficient (Wildman–Crippen LogP) is 4.49. The lowest BCUT2D eigenvalue weighted by atomic mass is 10.1. The van der Waals surface area contributed by atoms with Crippen LogP contribution >= 0.6 is 23.2 Å². The highest BCUT2D eigenvalue weighted by atomic mass is 35.5. The molecule has 0 heterocycles. The van der Waals surface area contributed by atoms with Crippen molar-refractivity contribution < 1.29 is 14.3 Å². The molecule has 2 rings (SSSR count). The Hall–Kier alpha value is -2.24. The maximum Gasteiger partial charge on any atom is 0.242 e. The van der Waals surface area contributed by atoms with E-state index in [2.05, 4.69) is 5.32 Å². The van der Waals surface area contributed by atoms with Gasteiger partial charge in [0.05, 0.1) is 13.5 Å². The molecule has 0 fully saturated rings. The zero-order valence-corrected chi connectivity index (χ0v) is 18.4. The molecule has 156 valence electrons. The number of rotatable bonds is 9. The first-order valence-electron chi connectivity index (χ1n) is 9.49. The summed E-state index contributed by atoms with van der Waals surface area (Å²) in [5.74, 6) is 0.355. The molecule has 0 bridgehead atoms. The highest BCUT2D eigenvalue weighted by Crippen LogP contribution is 2.23.